The number of nitrogen functional groups attached to an aromatic ring is 1. The highest BCUT2D eigenvalue weighted by atomic mass is 14.9. The molecule has 0 saturated carbocycles. The number of para-hydroxylation sites is 1. The zero-order valence-corrected chi connectivity index (χ0v) is 11.2. The molecule has 2 aromatic carbocycles. The van der Waals surface area contributed by atoms with Crippen LogP contribution in [-0.4, -0.2) is 0 Å². The maximum absolute atomic E-state index is 5.94. The van der Waals surface area contributed by atoms with E-state index < -0.39 is 0 Å². The minimum Gasteiger partial charge on any atom is -0.398 e. The summed E-state index contributed by atoms with van der Waals surface area (Å²) in [6, 6.07) is 12.4. The Labute approximate surface area is 109 Å². The van der Waals surface area contributed by atoms with E-state index in [0.29, 0.717) is 0 Å². The summed E-state index contributed by atoms with van der Waals surface area (Å²) in [6.07, 6.45) is 0. The molecule has 0 aliphatic rings. The maximum Gasteiger partial charge on any atom is 0.0421 e. The van der Waals surface area contributed by atoms with Crippen molar-refractivity contribution in [3.05, 3.63) is 58.7 Å². The van der Waals surface area contributed by atoms with Crippen LogP contribution in [0.4, 0.5) is 11.4 Å². The van der Waals surface area contributed by atoms with Crippen LogP contribution in [0.25, 0.3) is 0 Å². The van der Waals surface area contributed by atoms with E-state index in [1.807, 2.05) is 18.2 Å². The normalized spacial score (nSPS) is 10.4. The largest absolute Gasteiger partial charge is 0.398 e. The van der Waals surface area contributed by atoms with Gasteiger partial charge in [-0.1, -0.05) is 35.9 Å². The van der Waals surface area contributed by atoms with E-state index >= 15 is 0 Å². The molecule has 0 heterocycles. The summed E-state index contributed by atoms with van der Waals surface area (Å²) in [6.45, 7) is 7.16. The van der Waals surface area contributed by atoms with E-state index in [-0.39, 0.29) is 0 Å². The number of hydrogen-bond acceptors (Lipinski definition) is 2. The highest BCUT2D eigenvalue weighted by Gasteiger charge is 2.04. The Kier molecular flexibility index (Phi) is 3.56. The Morgan fingerprint density at radius 2 is 1.61 bits per heavy atom. The minimum atomic E-state index is 0.761. The van der Waals surface area contributed by atoms with Gasteiger partial charge in [0.15, 0.2) is 0 Å². The first-order valence-corrected chi connectivity index (χ1v) is 6.23. The molecule has 0 radical (unpaired) electrons. The van der Waals surface area contributed by atoms with Gasteiger partial charge in [0.25, 0.3) is 0 Å². The van der Waals surface area contributed by atoms with E-state index in [1.165, 1.54) is 22.4 Å². The lowest BCUT2D eigenvalue weighted by Gasteiger charge is -2.14. The molecule has 94 valence electrons. The van der Waals surface area contributed by atoms with Crippen LogP contribution in [0.3, 0.4) is 0 Å². The van der Waals surface area contributed by atoms with Crippen LogP contribution in [0.2, 0.25) is 0 Å². The first-order chi connectivity index (χ1) is 8.58. The molecule has 0 aromatic heterocycles. The molecule has 3 N–H and O–H groups in total. The molecule has 18 heavy (non-hydrogen) atoms. The van der Waals surface area contributed by atoms with Crippen LogP contribution in [-0.2, 0) is 6.54 Å². The maximum atomic E-state index is 5.94. The first-order valence-electron chi connectivity index (χ1n) is 6.23. The van der Waals surface area contributed by atoms with E-state index in [2.05, 4.69) is 44.3 Å². The summed E-state index contributed by atoms with van der Waals surface area (Å²) in [7, 11) is 0. The molecule has 0 amide bonds. The Balaban J connectivity index is 2.19. The number of hydrogen-bond donors (Lipinski definition) is 2. The van der Waals surface area contributed by atoms with Crippen LogP contribution in [0.5, 0.6) is 0 Å². The summed E-state index contributed by atoms with van der Waals surface area (Å²) < 4.78 is 0. The van der Waals surface area contributed by atoms with Crippen molar-refractivity contribution in [3.63, 3.8) is 0 Å². The van der Waals surface area contributed by atoms with Crippen molar-refractivity contribution in [2.75, 3.05) is 11.1 Å². The van der Waals surface area contributed by atoms with Crippen LogP contribution in [0.15, 0.2) is 36.4 Å². The van der Waals surface area contributed by atoms with E-state index in [0.717, 1.165) is 17.8 Å². The molecule has 0 bridgehead atoms. The van der Waals surface area contributed by atoms with Gasteiger partial charge in [0, 0.05) is 17.9 Å². The van der Waals surface area contributed by atoms with Gasteiger partial charge in [-0.3, -0.25) is 0 Å². The van der Waals surface area contributed by atoms with Crippen LogP contribution in [0, 0.1) is 20.8 Å². The van der Waals surface area contributed by atoms with Crippen molar-refractivity contribution < 1.29 is 0 Å². The summed E-state index contributed by atoms with van der Waals surface area (Å²) in [5, 5.41) is 3.49. The van der Waals surface area contributed by atoms with Gasteiger partial charge < -0.3 is 11.1 Å². The second-order valence-electron chi connectivity index (χ2n) is 4.83. The van der Waals surface area contributed by atoms with Gasteiger partial charge in [-0.2, -0.15) is 0 Å². The van der Waals surface area contributed by atoms with Crippen LogP contribution in [0.1, 0.15) is 22.3 Å². The third-order valence-corrected chi connectivity index (χ3v) is 3.19. The van der Waals surface area contributed by atoms with Crippen molar-refractivity contribution in [1.29, 1.82) is 0 Å². The Morgan fingerprint density at radius 1 is 1.00 bits per heavy atom. The van der Waals surface area contributed by atoms with E-state index in [9.17, 15) is 0 Å². The molecule has 2 rings (SSSR count). The molecule has 0 aliphatic heterocycles. The van der Waals surface area contributed by atoms with Crippen LogP contribution >= 0.6 is 0 Å². The van der Waals surface area contributed by atoms with Crippen molar-refractivity contribution in [2.24, 2.45) is 0 Å². The van der Waals surface area contributed by atoms with Gasteiger partial charge in [-0.15, -0.1) is 0 Å². The number of anilines is 2. The average Bonchev–Trinajstić information content (AvgIpc) is 2.30. The fourth-order valence-corrected chi connectivity index (χ4v) is 2.34. The molecule has 0 aliphatic carbocycles. The number of nitrogens with two attached hydrogens (primary N) is 1. The SMILES string of the molecule is Cc1cc(C)c(NCc2ccccc2N)c(C)c1. The lowest BCUT2D eigenvalue weighted by Crippen LogP contribution is -2.05. The molecular weight excluding hydrogens is 220 g/mol. The third kappa shape index (κ3) is 2.65. The Bertz CT molecular complexity index is 536. The lowest BCUT2D eigenvalue weighted by molar-refractivity contribution is 1.13. The highest BCUT2D eigenvalue weighted by Crippen LogP contribution is 2.23. The molecule has 0 fully saturated rings. The second-order valence-corrected chi connectivity index (χ2v) is 4.83. The van der Waals surface area contributed by atoms with Gasteiger partial charge in [-0.05, 0) is 43.5 Å². The monoisotopic (exact) mass is 240 g/mol. The Hall–Kier alpha value is -1.96. The van der Waals surface area contributed by atoms with Gasteiger partial charge in [0.1, 0.15) is 0 Å². The molecular formula is C16H20N2. The van der Waals surface area contributed by atoms with Gasteiger partial charge in [0.05, 0.1) is 0 Å². The number of aryl methyl sites for hydroxylation is 3. The number of benzene rings is 2. The standard InChI is InChI=1S/C16H20N2/c1-11-8-12(2)16(13(3)9-11)18-10-14-6-4-5-7-15(14)17/h4-9,18H,10,17H2,1-3H3. The third-order valence-electron chi connectivity index (χ3n) is 3.19. The highest BCUT2D eigenvalue weighted by molar-refractivity contribution is 5.59. The lowest BCUT2D eigenvalue weighted by atomic mass is 10.0. The molecule has 2 nitrogen and oxygen atoms in total. The van der Waals surface area contributed by atoms with Crippen molar-refractivity contribution >= 4 is 11.4 Å². The predicted octanol–water partition coefficient (Wildman–Crippen LogP) is 3.81. The van der Waals surface area contributed by atoms with E-state index in [1.54, 1.807) is 0 Å². The summed E-state index contributed by atoms with van der Waals surface area (Å²) >= 11 is 0. The van der Waals surface area contributed by atoms with Gasteiger partial charge in [0.2, 0.25) is 0 Å². The molecule has 2 heteroatoms. The van der Waals surface area contributed by atoms with Gasteiger partial charge in [-0.25, -0.2) is 0 Å². The topological polar surface area (TPSA) is 38.0 Å². The predicted molar refractivity (Wildman–Crippen MR) is 78.8 cm³/mol. The van der Waals surface area contributed by atoms with Crippen LogP contribution < -0.4 is 11.1 Å². The summed E-state index contributed by atoms with van der Waals surface area (Å²) in [5.74, 6) is 0. The summed E-state index contributed by atoms with van der Waals surface area (Å²) in [4.78, 5) is 0. The Morgan fingerprint density at radius 3 is 2.22 bits per heavy atom. The zero-order valence-electron chi connectivity index (χ0n) is 11.2. The fourth-order valence-electron chi connectivity index (χ4n) is 2.34. The molecule has 0 unspecified atom stereocenters. The van der Waals surface area contributed by atoms with Crippen molar-refractivity contribution in [3.8, 4) is 0 Å². The molecule has 2 aromatic rings. The quantitative estimate of drug-likeness (QED) is 0.801. The molecule has 0 spiro atoms. The second kappa shape index (κ2) is 5.13. The summed E-state index contributed by atoms with van der Waals surface area (Å²) in [5.41, 5.74) is 13.0. The molecule has 0 saturated heterocycles. The zero-order chi connectivity index (χ0) is 13.1. The number of nitrogens with one attached hydrogen (secondary N) is 1. The smallest absolute Gasteiger partial charge is 0.0421 e. The van der Waals surface area contributed by atoms with E-state index in [4.69, 9.17) is 5.73 Å². The molecule has 0 atom stereocenters. The average molecular weight is 240 g/mol. The van der Waals surface area contributed by atoms with Gasteiger partial charge >= 0.3 is 0 Å². The van der Waals surface area contributed by atoms with Crippen molar-refractivity contribution in [2.45, 2.75) is 27.3 Å². The number of rotatable bonds is 3. The minimum absolute atomic E-state index is 0.761. The first kappa shape index (κ1) is 12.5. The van der Waals surface area contributed by atoms with Crippen molar-refractivity contribution in [1.82, 2.24) is 0 Å². The fraction of sp³-hybridized carbons (Fsp3) is 0.250.